The number of aliphatic carboxylic acids is 1. The average molecular weight is 427 g/mol. The number of benzene rings is 2. The highest BCUT2D eigenvalue weighted by Gasteiger charge is 2.21. The molecule has 120 valence electrons. The molecule has 0 radical (unpaired) electrons. The molecule has 0 fully saturated rings. The maximum absolute atomic E-state index is 12.8. The van der Waals surface area contributed by atoms with E-state index in [1.165, 1.54) is 24.3 Å². The van der Waals surface area contributed by atoms with Crippen LogP contribution in [0.2, 0.25) is 0 Å². The summed E-state index contributed by atoms with van der Waals surface area (Å²) in [4.78, 5) is 23.4. The smallest absolute Gasteiger partial charge is 0.326 e. The van der Waals surface area contributed by atoms with E-state index in [1.807, 2.05) is 24.3 Å². The lowest BCUT2D eigenvalue weighted by Gasteiger charge is -2.15. The Morgan fingerprint density at radius 1 is 1.13 bits per heavy atom. The molecule has 1 atom stereocenters. The van der Waals surface area contributed by atoms with Crippen LogP contribution in [0, 0.1) is 9.39 Å². The first kappa shape index (κ1) is 17.4. The second kappa shape index (κ2) is 8.05. The van der Waals surface area contributed by atoms with Gasteiger partial charge in [-0.1, -0.05) is 30.3 Å². The molecule has 0 saturated carbocycles. The largest absolute Gasteiger partial charge is 0.480 e. The van der Waals surface area contributed by atoms with E-state index in [0.29, 0.717) is 5.56 Å². The standard InChI is InChI=1S/C17H15FINO3/c18-13-7-5-11(6-8-13)9-16(21)20-15(17(22)23)10-12-3-1-2-4-14(12)19/h1-8,15H,9-10H2,(H,20,21)(H,22,23)/t15-/m0/s1. The van der Waals surface area contributed by atoms with Crippen LogP contribution in [-0.2, 0) is 22.4 Å². The van der Waals surface area contributed by atoms with Gasteiger partial charge in [0, 0.05) is 9.99 Å². The SMILES string of the molecule is O=C(Cc1ccc(F)cc1)N[C@@H](Cc1ccccc1I)C(=O)O. The van der Waals surface area contributed by atoms with Crippen molar-refractivity contribution in [3.63, 3.8) is 0 Å². The number of hydrogen-bond donors (Lipinski definition) is 2. The van der Waals surface area contributed by atoms with Crippen LogP contribution in [-0.4, -0.2) is 23.0 Å². The Balaban J connectivity index is 2.01. The van der Waals surface area contributed by atoms with Gasteiger partial charge in [-0.25, -0.2) is 9.18 Å². The van der Waals surface area contributed by atoms with Crippen molar-refractivity contribution in [2.75, 3.05) is 0 Å². The summed E-state index contributed by atoms with van der Waals surface area (Å²) < 4.78 is 13.8. The number of amides is 1. The third kappa shape index (κ3) is 5.31. The van der Waals surface area contributed by atoms with Gasteiger partial charge < -0.3 is 10.4 Å². The second-order valence-corrected chi connectivity index (χ2v) is 6.22. The molecule has 6 heteroatoms. The quantitative estimate of drug-likeness (QED) is 0.697. The highest BCUT2D eigenvalue weighted by Crippen LogP contribution is 2.14. The van der Waals surface area contributed by atoms with Gasteiger partial charge in [-0.05, 0) is 51.9 Å². The molecule has 0 aliphatic heterocycles. The van der Waals surface area contributed by atoms with Crippen LogP contribution >= 0.6 is 22.6 Å². The summed E-state index contributed by atoms with van der Waals surface area (Å²) in [5.41, 5.74) is 1.49. The summed E-state index contributed by atoms with van der Waals surface area (Å²) in [5.74, 6) is -1.87. The van der Waals surface area contributed by atoms with E-state index < -0.39 is 17.9 Å². The van der Waals surface area contributed by atoms with Crippen molar-refractivity contribution >= 4 is 34.5 Å². The number of carbonyl (C=O) groups is 2. The zero-order valence-electron chi connectivity index (χ0n) is 12.1. The fourth-order valence-electron chi connectivity index (χ4n) is 2.12. The lowest BCUT2D eigenvalue weighted by Crippen LogP contribution is -2.43. The van der Waals surface area contributed by atoms with Gasteiger partial charge in [-0.3, -0.25) is 4.79 Å². The predicted molar refractivity (Wildman–Crippen MR) is 92.5 cm³/mol. The Kier molecular flexibility index (Phi) is 6.09. The molecule has 0 aliphatic carbocycles. The number of hydrogen-bond acceptors (Lipinski definition) is 2. The first-order valence-corrected chi connectivity index (χ1v) is 8.03. The second-order valence-electron chi connectivity index (χ2n) is 5.06. The van der Waals surface area contributed by atoms with E-state index in [-0.39, 0.29) is 18.7 Å². The molecule has 23 heavy (non-hydrogen) atoms. The fraction of sp³-hybridized carbons (Fsp3) is 0.176. The molecular weight excluding hydrogens is 412 g/mol. The maximum Gasteiger partial charge on any atom is 0.326 e. The zero-order valence-corrected chi connectivity index (χ0v) is 14.3. The first-order chi connectivity index (χ1) is 11.0. The summed E-state index contributed by atoms with van der Waals surface area (Å²) in [6.07, 6.45) is 0.222. The maximum atomic E-state index is 12.8. The van der Waals surface area contributed by atoms with Gasteiger partial charge in [0.25, 0.3) is 0 Å². The lowest BCUT2D eigenvalue weighted by molar-refractivity contribution is -0.141. The van der Waals surface area contributed by atoms with Crippen molar-refractivity contribution in [2.24, 2.45) is 0 Å². The Bertz CT molecular complexity index is 703. The minimum Gasteiger partial charge on any atom is -0.480 e. The van der Waals surface area contributed by atoms with Crippen LogP contribution in [0.3, 0.4) is 0 Å². The van der Waals surface area contributed by atoms with Crippen molar-refractivity contribution in [3.8, 4) is 0 Å². The molecule has 0 spiro atoms. The monoisotopic (exact) mass is 427 g/mol. The molecule has 0 saturated heterocycles. The minimum atomic E-state index is -1.09. The van der Waals surface area contributed by atoms with Crippen LogP contribution in [0.15, 0.2) is 48.5 Å². The van der Waals surface area contributed by atoms with Crippen LogP contribution in [0.1, 0.15) is 11.1 Å². The highest BCUT2D eigenvalue weighted by molar-refractivity contribution is 14.1. The summed E-state index contributed by atoms with van der Waals surface area (Å²) in [6, 6.07) is 12.0. The molecule has 2 aromatic rings. The molecular formula is C17H15FINO3. The van der Waals surface area contributed by atoms with Crippen molar-refractivity contribution in [1.29, 1.82) is 0 Å². The summed E-state index contributed by atoms with van der Waals surface area (Å²) in [6.45, 7) is 0. The summed E-state index contributed by atoms with van der Waals surface area (Å²) in [5, 5.41) is 11.8. The minimum absolute atomic E-state index is 0.00986. The molecule has 0 bridgehead atoms. The molecule has 2 N–H and O–H groups in total. The van der Waals surface area contributed by atoms with Crippen molar-refractivity contribution < 1.29 is 19.1 Å². The third-order valence-corrected chi connectivity index (χ3v) is 4.35. The van der Waals surface area contributed by atoms with E-state index in [2.05, 4.69) is 27.9 Å². The number of carbonyl (C=O) groups excluding carboxylic acids is 1. The van der Waals surface area contributed by atoms with Gasteiger partial charge in [0.1, 0.15) is 11.9 Å². The van der Waals surface area contributed by atoms with E-state index in [4.69, 9.17) is 0 Å². The third-order valence-electron chi connectivity index (χ3n) is 3.29. The number of carboxylic acid groups (broad SMARTS) is 1. The number of nitrogens with one attached hydrogen (secondary N) is 1. The van der Waals surface area contributed by atoms with E-state index in [9.17, 15) is 19.1 Å². The van der Waals surface area contributed by atoms with E-state index >= 15 is 0 Å². The van der Waals surface area contributed by atoms with Crippen molar-refractivity contribution in [1.82, 2.24) is 5.32 Å². The van der Waals surface area contributed by atoms with Gasteiger partial charge >= 0.3 is 5.97 Å². The normalized spacial score (nSPS) is 11.7. The van der Waals surface area contributed by atoms with Crippen LogP contribution < -0.4 is 5.32 Å². The first-order valence-electron chi connectivity index (χ1n) is 6.95. The molecule has 0 heterocycles. The predicted octanol–water partition coefficient (Wildman–Crippen LogP) is 2.78. The number of carboxylic acids is 1. The number of rotatable bonds is 6. The zero-order chi connectivity index (χ0) is 16.8. The molecule has 4 nitrogen and oxygen atoms in total. The van der Waals surface area contributed by atoms with Crippen LogP contribution in [0.4, 0.5) is 4.39 Å². The molecule has 1 amide bonds. The van der Waals surface area contributed by atoms with Gasteiger partial charge in [0.15, 0.2) is 0 Å². The molecule has 0 aromatic heterocycles. The molecule has 2 aromatic carbocycles. The Labute approximate surface area is 146 Å². The van der Waals surface area contributed by atoms with Gasteiger partial charge in [0.2, 0.25) is 5.91 Å². The van der Waals surface area contributed by atoms with Gasteiger partial charge in [-0.15, -0.1) is 0 Å². The topological polar surface area (TPSA) is 66.4 Å². The molecule has 0 aliphatic rings. The fourth-order valence-corrected chi connectivity index (χ4v) is 2.72. The van der Waals surface area contributed by atoms with Crippen LogP contribution in [0.5, 0.6) is 0 Å². The lowest BCUT2D eigenvalue weighted by atomic mass is 10.1. The van der Waals surface area contributed by atoms with Gasteiger partial charge in [-0.2, -0.15) is 0 Å². The average Bonchev–Trinajstić information content (AvgIpc) is 2.51. The Morgan fingerprint density at radius 2 is 1.78 bits per heavy atom. The van der Waals surface area contributed by atoms with Crippen molar-refractivity contribution in [2.45, 2.75) is 18.9 Å². The Hall–Kier alpha value is -1.96. The highest BCUT2D eigenvalue weighted by atomic mass is 127. The summed E-state index contributed by atoms with van der Waals surface area (Å²) in [7, 11) is 0. The van der Waals surface area contributed by atoms with Crippen molar-refractivity contribution in [3.05, 3.63) is 69.0 Å². The van der Waals surface area contributed by atoms with Crippen LogP contribution in [0.25, 0.3) is 0 Å². The molecule has 2 rings (SSSR count). The molecule has 0 unspecified atom stereocenters. The number of halogens is 2. The van der Waals surface area contributed by atoms with Gasteiger partial charge in [0.05, 0.1) is 6.42 Å². The van der Waals surface area contributed by atoms with E-state index in [1.54, 1.807) is 0 Å². The van der Waals surface area contributed by atoms with E-state index in [0.717, 1.165) is 9.13 Å². The summed E-state index contributed by atoms with van der Waals surface area (Å²) >= 11 is 2.13. The Morgan fingerprint density at radius 3 is 2.39 bits per heavy atom.